The van der Waals surface area contributed by atoms with Crippen molar-refractivity contribution in [3.63, 3.8) is 0 Å². The zero-order valence-electron chi connectivity index (χ0n) is 17.8. The molecule has 7 nitrogen and oxygen atoms in total. The van der Waals surface area contributed by atoms with Crippen LogP contribution < -0.4 is 9.47 Å². The highest BCUT2D eigenvalue weighted by Crippen LogP contribution is 2.52. The smallest absolute Gasteiger partial charge is 0.248 e. The molecule has 7 heteroatoms. The van der Waals surface area contributed by atoms with Crippen LogP contribution in [0.4, 0.5) is 0 Å². The molecule has 2 unspecified atom stereocenters. The number of aromatic nitrogens is 1. The lowest BCUT2D eigenvalue weighted by Gasteiger charge is -2.39. The third-order valence-electron chi connectivity index (χ3n) is 6.43. The van der Waals surface area contributed by atoms with E-state index in [1.807, 2.05) is 29.2 Å². The van der Waals surface area contributed by atoms with Crippen LogP contribution in [0.25, 0.3) is 11.3 Å². The number of likely N-dealkylation sites (tertiary alicyclic amines) is 1. The van der Waals surface area contributed by atoms with Gasteiger partial charge in [0.05, 0.1) is 6.61 Å². The summed E-state index contributed by atoms with van der Waals surface area (Å²) in [6.07, 6.45) is 3.34. The number of rotatable bonds is 5. The first-order chi connectivity index (χ1) is 14.3. The minimum absolute atomic E-state index is 0.0687. The van der Waals surface area contributed by atoms with Gasteiger partial charge in [-0.15, -0.1) is 0 Å². The summed E-state index contributed by atoms with van der Waals surface area (Å²) in [4.78, 5) is 14.8. The van der Waals surface area contributed by atoms with Gasteiger partial charge in [-0.25, -0.2) is 0 Å². The van der Waals surface area contributed by atoms with Crippen LogP contribution >= 0.6 is 0 Å². The largest absolute Gasteiger partial charge is 0.454 e. The minimum atomic E-state index is 0.0687. The second-order valence-corrected chi connectivity index (χ2v) is 9.98. The highest BCUT2D eigenvalue weighted by atomic mass is 16.7. The van der Waals surface area contributed by atoms with Crippen molar-refractivity contribution in [3.05, 3.63) is 30.0 Å². The quantitative estimate of drug-likeness (QED) is 0.739. The van der Waals surface area contributed by atoms with Crippen molar-refractivity contribution >= 4 is 5.91 Å². The number of hydrogen-bond acceptors (Lipinski definition) is 6. The van der Waals surface area contributed by atoms with E-state index in [-0.39, 0.29) is 31.3 Å². The molecular formula is C23H28N2O5. The molecule has 1 aromatic heterocycles. The molecule has 1 aromatic carbocycles. The van der Waals surface area contributed by atoms with Crippen molar-refractivity contribution in [2.24, 2.45) is 10.8 Å². The van der Waals surface area contributed by atoms with Gasteiger partial charge in [-0.1, -0.05) is 25.9 Å². The predicted octanol–water partition coefficient (Wildman–Crippen LogP) is 4.01. The maximum Gasteiger partial charge on any atom is 0.248 e. The molecule has 3 heterocycles. The van der Waals surface area contributed by atoms with E-state index in [4.69, 9.17) is 18.7 Å². The van der Waals surface area contributed by atoms with Crippen LogP contribution in [0.5, 0.6) is 11.5 Å². The van der Waals surface area contributed by atoms with E-state index in [1.165, 1.54) is 6.42 Å². The van der Waals surface area contributed by atoms with E-state index in [0.29, 0.717) is 28.7 Å². The zero-order chi connectivity index (χ0) is 20.9. The SMILES string of the molecule is CC1(C)CC2CC(C)(CN2C(=O)COCc2cc(-c3ccc4c(c3)OCO4)on2)C1. The molecule has 30 heavy (non-hydrogen) atoms. The Bertz CT molecular complexity index is 968. The van der Waals surface area contributed by atoms with Gasteiger partial charge < -0.3 is 23.6 Å². The van der Waals surface area contributed by atoms with E-state index in [1.54, 1.807) is 0 Å². The molecule has 2 bridgehead atoms. The number of benzene rings is 1. The maximum absolute atomic E-state index is 12.8. The molecule has 2 fully saturated rings. The van der Waals surface area contributed by atoms with Crippen molar-refractivity contribution in [3.8, 4) is 22.8 Å². The molecule has 1 aliphatic carbocycles. The molecule has 5 rings (SSSR count). The van der Waals surface area contributed by atoms with Crippen LogP contribution in [0.1, 0.15) is 45.7 Å². The Balaban J connectivity index is 1.17. The summed E-state index contributed by atoms with van der Waals surface area (Å²) in [5.74, 6) is 2.12. The summed E-state index contributed by atoms with van der Waals surface area (Å²) in [7, 11) is 0. The summed E-state index contributed by atoms with van der Waals surface area (Å²) in [6, 6.07) is 7.78. The number of fused-ring (bicyclic) bond motifs is 3. The molecule has 0 N–H and O–H groups in total. The topological polar surface area (TPSA) is 74.0 Å². The molecular weight excluding hydrogens is 384 g/mol. The van der Waals surface area contributed by atoms with Crippen molar-refractivity contribution in [1.29, 1.82) is 0 Å². The van der Waals surface area contributed by atoms with Gasteiger partial charge in [-0.3, -0.25) is 4.79 Å². The van der Waals surface area contributed by atoms with Gasteiger partial charge in [0.1, 0.15) is 12.3 Å². The lowest BCUT2D eigenvalue weighted by atomic mass is 9.65. The predicted molar refractivity (Wildman–Crippen MR) is 109 cm³/mol. The van der Waals surface area contributed by atoms with Gasteiger partial charge >= 0.3 is 0 Å². The summed E-state index contributed by atoms with van der Waals surface area (Å²) >= 11 is 0. The van der Waals surface area contributed by atoms with E-state index in [2.05, 4.69) is 25.9 Å². The van der Waals surface area contributed by atoms with Gasteiger partial charge in [0.25, 0.3) is 0 Å². The molecule has 1 amide bonds. The number of hydrogen-bond donors (Lipinski definition) is 0. The van der Waals surface area contributed by atoms with E-state index < -0.39 is 0 Å². The van der Waals surface area contributed by atoms with Crippen LogP contribution in [0.3, 0.4) is 0 Å². The van der Waals surface area contributed by atoms with Gasteiger partial charge in [-0.05, 0) is 48.3 Å². The monoisotopic (exact) mass is 412 g/mol. The number of nitrogens with zero attached hydrogens (tertiary/aromatic N) is 2. The first-order valence-corrected chi connectivity index (χ1v) is 10.5. The van der Waals surface area contributed by atoms with Gasteiger partial charge in [0.15, 0.2) is 17.3 Å². The molecule has 160 valence electrons. The maximum atomic E-state index is 12.8. The van der Waals surface area contributed by atoms with E-state index in [9.17, 15) is 4.79 Å². The standard InChI is InChI=1S/C23H28N2O5/c1-22(2)8-17-9-23(3,12-22)13-25(17)21(26)11-27-10-16-7-19(30-24-16)15-4-5-18-20(6-15)29-14-28-18/h4-7,17H,8-14H2,1-3H3. The Morgan fingerprint density at radius 1 is 1.20 bits per heavy atom. The molecule has 2 aliphatic heterocycles. The second-order valence-electron chi connectivity index (χ2n) is 9.98. The highest BCUT2D eigenvalue weighted by molar-refractivity contribution is 5.78. The summed E-state index contributed by atoms with van der Waals surface area (Å²) in [6.45, 7) is 8.30. The fourth-order valence-corrected chi connectivity index (χ4v) is 5.64. The Labute approximate surface area is 176 Å². The fourth-order valence-electron chi connectivity index (χ4n) is 5.64. The van der Waals surface area contributed by atoms with E-state index >= 15 is 0 Å². The van der Waals surface area contributed by atoms with Crippen LogP contribution in [-0.2, 0) is 16.1 Å². The average molecular weight is 412 g/mol. The lowest BCUT2D eigenvalue weighted by Crippen LogP contribution is -2.39. The third-order valence-corrected chi connectivity index (χ3v) is 6.43. The molecule has 2 atom stereocenters. The van der Waals surface area contributed by atoms with Crippen molar-refractivity contribution in [1.82, 2.24) is 10.1 Å². The van der Waals surface area contributed by atoms with Crippen molar-refractivity contribution in [2.75, 3.05) is 19.9 Å². The minimum Gasteiger partial charge on any atom is -0.454 e. The Hall–Kier alpha value is -2.54. The fraction of sp³-hybridized carbons (Fsp3) is 0.565. The molecule has 3 aliphatic rings. The summed E-state index contributed by atoms with van der Waals surface area (Å²) in [5.41, 5.74) is 2.03. The Kier molecular flexibility index (Phi) is 4.54. The number of amides is 1. The summed E-state index contributed by atoms with van der Waals surface area (Å²) in [5, 5.41) is 4.07. The normalized spacial score (nSPS) is 26.2. The summed E-state index contributed by atoms with van der Waals surface area (Å²) < 4.78 is 21.9. The number of carbonyl (C=O) groups is 1. The zero-order valence-corrected chi connectivity index (χ0v) is 17.8. The van der Waals surface area contributed by atoms with Gasteiger partial charge in [0.2, 0.25) is 12.7 Å². The van der Waals surface area contributed by atoms with Crippen LogP contribution in [0.15, 0.2) is 28.8 Å². The van der Waals surface area contributed by atoms with Crippen molar-refractivity contribution < 1.29 is 23.5 Å². The Morgan fingerprint density at radius 2 is 2.03 bits per heavy atom. The van der Waals surface area contributed by atoms with Gasteiger partial charge in [0, 0.05) is 24.2 Å². The van der Waals surface area contributed by atoms with Crippen LogP contribution in [0.2, 0.25) is 0 Å². The van der Waals surface area contributed by atoms with Gasteiger partial charge in [-0.2, -0.15) is 0 Å². The Morgan fingerprint density at radius 3 is 2.90 bits per heavy atom. The second kappa shape index (κ2) is 7.01. The molecule has 2 aromatic rings. The van der Waals surface area contributed by atoms with Crippen LogP contribution in [-0.4, -0.2) is 42.0 Å². The van der Waals surface area contributed by atoms with Crippen molar-refractivity contribution in [2.45, 2.75) is 52.7 Å². The van der Waals surface area contributed by atoms with E-state index in [0.717, 1.165) is 30.7 Å². The first-order valence-electron chi connectivity index (χ1n) is 10.5. The molecule has 1 saturated heterocycles. The van der Waals surface area contributed by atoms with Crippen LogP contribution in [0, 0.1) is 10.8 Å². The molecule has 1 saturated carbocycles. The third kappa shape index (κ3) is 3.67. The number of ether oxygens (including phenoxy) is 3. The highest BCUT2D eigenvalue weighted by Gasteiger charge is 2.50. The first kappa shape index (κ1) is 19.4. The molecule has 0 spiro atoms. The molecule has 0 radical (unpaired) electrons. The average Bonchev–Trinajstić information content (AvgIpc) is 3.37. The number of carbonyl (C=O) groups excluding carboxylic acids is 1. The lowest BCUT2D eigenvalue weighted by molar-refractivity contribution is -0.137.